The van der Waals surface area contributed by atoms with Crippen LogP contribution in [0.2, 0.25) is 0 Å². The zero-order chi connectivity index (χ0) is 19.2. The minimum atomic E-state index is -1.26. The van der Waals surface area contributed by atoms with Crippen molar-refractivity contribution in [1.82, 2.24) is 15.5 Å². The second kappa shape index (κ2) is 8.78. The van der Waals surface area contributed by atoms with Gasteiger partial charge in [0.15, 0.2) is 0 Å². The maximum Gasteiger partial charge on any atom is 0.325 e. The molecule has 0 unspecified atom stereocenters. The molecular formula is C19H26FN3O3. The summed E-state index contributed by atoms with van der Waals surface area (Å²) in [5.41, 5.74) is -0.756. The molecule has 26 heavy (non-hydrogen) atoms. The van der Waals surface area contributed by atoms with Crippen LogP contribution in [0.5, 0.6) is 0 Å². The SMILES string of the molecule is CCCCCCNC(=O)CN1C(=O)N[C@@](CC)(c2ccc(F)cc2)C1=O. The third-order valence-corrected chi connectivity index (χ3v) is 4.70. The first kappa shape index (κ1) is 19.9. The van der Waals surface area contributed by atoms with Gasteiger partial charge in [0, 0.05) is 6.54 Å². The summed E-state index contributed by atoms with van der Waals surface area (Å²) in [6, 6.07) is 4.85. The Hall–Kier alpha value is -2.44. The zero-order valence-corrected chi connectivity index (χ0v) is 15.3. The Balaban J connectivity index is 2.03. The molecule has 1 saturated heterocycles. The molecule has 0 saturated carbocycles. The predicted molar refractivity (Wildman–Crippen MR) is 95.8 cm³/mol. The van der Waals surface area contributed by atoms with Crippen molar-refractivity contribution in [2.45, 2.75) is 51.5 Å². The Morgan fingerprint density at radius 2 is 1.85 bits per heavy atom. The van der Waals surface area contributed by atoms with Crippen LogP contribution in [0.1, 0.15) is 51.5 Å². The number of nitrogens with one attached hydrogen (secondary N) is 2. The molecule has 1 fully saturated rings. The molecular weight excluding hydrogens is 337 g/mol. The molecule has 1 aliphatic rings. The van der Waals surface area contributed by atoms with E-state index in [1.807, 2.05) is 0 Å². The van der Waals surface area contributed by atoms with Gasteiger partial charge in [-0.3, -0.25) is 14.5 Å². The number of imide groups is 1. The Labute approximate surface area is 153 Å². The number of amides is 4. The van der Waals surface area contributed by atoms with E-state index < -0.39 is 23.3 Å². The van der Waals surface area contributed by atoms with Crippen molar-refractivity contribution in [1.29, 1.82) is 0 Å². The first-order valence-corrected chi connectivity index (χ1v) is 9.11. The molecule has 6 nitrogen and oxygen atoms in total. The van der Waals surface area contributed by atoms with Crippen molar-refractivity contribution in [3.8, 4) is 0 Å². The molecule has 142 valence electrons. The van der Waals surface area contributed by atoms with Gasteiger partial charge >= 0.3 is 6.03 Å². The second-order valence-electron chi connectivity index (χ2n) is 6.50. The fourth-order valence-electron chi connectivity index (χ4n) is 3.12. The maximum absolute atomic E-state index is 13.2. The molecule has 1 aliphatic heterocycles. The van der Waals surface area contributed by atoms with Crippen LogP contribution in [0.4, 0.5) is 9.18 Å². The number of hydrogen-bond acceptors (Lipinski definition) is 3. The highest BCUT2D eigenvalue weighted by Gasteiger charge is 2.51. The fourth-order valence-corrected chi connectivity index (χ4v) is 3.12. The van der Waals surface area contributed by atoms with E-state index in [1.54, 1.807) is 6.92 Å². The molecule has 1 atom stereocenters. The number of benzene rings is 1. The van der Waals surface area contributed by atoms with Gasteiger partial charge in [0.2, 0.25) is 5.91 Å². The number of rotatable bonds is 9. The number of carbonyl (C=O) groups is 3. The molecule has 0 radical (unpaired) electrons. The van der Waals surface area contributed by atoms with Crippen LogP contribution in [0, 0.1) is 5.82 Å². The molecule has 2 rings (SSSR count). The molecule has 1 heterocycles. The summed E-state index contributed by atoms with van der Waals surface area (Å²) < 4.78 is 13.2. The maximum atomic E-state index is 13.2. The van der Waals surface area contributed by atoms with Gasteiger partial charge in [-0.1, -0.05) is 45.2 Å². The molecule has 4 amide bonds. The topological polar surface area (TPSA) is 78.5 Å². The van der Waals surface area contributed by atoms with E-state index in [9.17, 15) is 18.8 Å². The van der Waals surface area contributed by atoms with Crippen molar-refractivity contribution < 1.29 is 18.8 Å². The van der Waals surface area contributed by atoms with Crippen LogP contribution in [-0.4, -0.2) is 35.8 Å². The van der Waals surface area contributed by atoms with Crippen molar-refractivity contribution in [2.75, 3.05) is 13.1 Å². The number of carbonyl (C=O) groups excluding carboxylic acids is 3. The Bertz CT molecular complexity index is 662. The molecule has 0 bridgehead atoms. The first-order valence-electron chi connectivity index (χ1n) is 9.11. The van der Waals surface area contributed by atoms with E-state index in [0.717, 1.165) is 30.6 Å². The molecule has 0 aromatic heterocycles. The number of halogens is 1. The van der Waals surface area contributed by atoms with Gasteiger partial charge in [-0.25, -0.2) is 9.18 Å². The summed E-state index contributed by atoms with van der Waals surface area (Å²) in [7, 11) is 0. The van der Waals surface area contributed by atoms with Crippen LogP contribution >= 0.6 is 0 Å². The normalized spacial score (nSPS) is 19.6. The lowest BCUT2D eigenvalue weighted by Crippen LogP contribution is -2.44. The van der Waals surface area contributed by atoms with E-state index in [2.05, 4.69) is 17.6 Å². The monoisotopic (exact) mass is 363 g/mol. The van der Waals surface area contributed by atoms with Crippen molar-refractivity contribution >= 4 is 17.8 Å². The molecule has 7 heteroatoms. The van der Waals surface area contributed by atoms with Crippen LogP contribution < -0.4 is 10.6 Å². The number of unbranched alkanes of at least 4 members (excludes halogenated alkanes) is 3. The summed E-state index contributed by atoms with van der Waals surface area (Å²) in [6.45, 7) is 4.08. The Kier molecular flexibility index (Phi) is 6.71. The van der Waals surface area contributed by atoms with Crippen LogP contribution in [0.25, 0.3) is 0 Å². The summed E-state index contributed by atoms with van der Waals surface area (Å²) >= 11 is 0. The number of hydrogen-bond donors (Lipinski definition) is 2. The largest absolute Gasteiger partial charge is 0.355 e. The standard InChI is InChI=1S/C19H26FN3O3/c1-3-5-6-7-12-21-16(24)13-23-17(25)19(4-2,22-18(23)26)14-8-10-15(20)11-9-14/h8-11H,3-7,12-13H2,1-2H3,(H,21,24)(H,22,26)/t19-/m0/s1. The third-order valence-electron chi connectivity index (χ3n) is 4.70. The van der Waals surface area contributed by atoms with Crippen molar-refractivity contribution in [3.63, 3.8) is 0 Å². The molecule has 1 aromatic carbocycles. The highest BCUT2D eigenvalue weighted by atomic mass is 19.1. The lowest BCUT2D eigenvalue weighted by Gasteiger charge is -2.25. The highest BCUT2D eigenvalue weighted by Crippen LogP contribution is 2.32. The second-order valence-corrected chi connectivity index (χ2v) is 6.50. The Morgan fingerprint density at radius 1 is 1.15 bits per heavy atom. The van der Waals surface area contributed by atoms with Gasteiger partial charge in [0.1, 0.15) is 17.9 Å². The summed E-state index contributed by atoms with van der Waals surface area (Å²) in [5, 5.41) is 5.42. The minimum Gasteiger partial charge on any atom is -0.355 e. The van der Waals surface area contributed by atoms with Crippen LogP contribution in [-0.2, 0) is 15.1 Å². The molecule has 0 spiro atoms. The zero-order valence-electron chi connectivity index (χ0n) is 15.3. The van der Waals surface area contributed by atoms with Gasteiger partial charge in [0.25, 0.3) is 5.91 Å². The Morgan fingerprint density at radius 3 is 2.46 bits per heavy atom. The minimum absolute atomic E-state index is 0.304. The van der Waals surface area contributed by atoms with Gasteiger partial charge in [-0.2, -0.15) is 0 Å². The molecule has 2 N–H and O–H groups in total. The van der Waals surface area contributed by atoms with Crippen LogP contribution in [0.3, 0.4) is 0 Å². The average molecular weight is 363 g/mol. The highest BCUT2D eigenvalue weighted by molar-refractivity contribution is 6.09. The van der Waals surface area contributed by atoms with E-state index >= 15 is 0 Å². The average Bonchev–Trinajstić information content (AvgIpc) is 2.87. The van der Waals surface area contributed by atoms with Crippen LogP contribution in [0.15, 0.2) is 24.3 Å². The van der Waals surface area contributed by atoms with E-state index in [0.29, 0.717) is 18.5 Å². The lowest BCUT2D eigenvalue weighted by molar-refractivity contribution is -0.135. The predicted octanol–water partition coefficient (Wildman–Crippen LogP) is 2.68. The summed E-state index contributed by atoms with van der Waals surface area (Å²) in [6.07, 6.45) is 4.43. The third kappa shape index (κ3) is 4.20. The van der Waals surface area contributed by atoms with Gasteiger partial charge < -0.3 is 10.6 Å². The number of nitrogens with zero attached hydrogens (tertiary/aromatic N) is 1. The van der Waals surface area contributed by atoms with E-state index in [-0.39, 0.29) is 12.5 Å². The van der Waals surface area contributed by atoms with Crippen molar-refractivity contribution in [2.24, 2.45) is 0 Å². The molecule has 0 aliphatic carbocycles. The van der Waals surface area contributed by atoms with Gasteiger partial charge in [-0.15, -0.1) is 0 Å². The number of urea groups is 1. The van der Waals surface area contributed by atoms with E-state index in [4.69, 9.17) is 0 Å². The van der Waals surface area contributed by atoms with Gasteiger partial charge in [-0.05, 0) is 30.5 Å². The lowest BCUT2D eigenvalue weighted by atomic mass is 9.87. The van der Waals surface area contributed by atoms with Crippen molar-refractivity contribution in [3.05, 3.63) is 35.6 Å². The summed E-state index contributed by atoms with van der Waals surface area (Å²) in [4.78, 5) is 38.2. The summed E-state index contributed by atoms with van der Waals surface area (Å²) in [5.74, 6) is -1.27. The smallest absolute Gasteiger partial charge is 0.325 e. The fraction of sp³-hybridized carbons (Fsp3) is 0.526. The molecule has 1 aromatic rings. The van der Waals surface area contributed by atoms with Gasteiger partial charge in [0.05, 0.1) is 0 Å². The van der Waals surface area contributed by atoms with E-state index in [1.165, 1.54) is 24.3 Å². The quantitative estimate of drug-likeness (QED) is 0.523. The first-order chi connectivity index (χ1) is 12.4.